The van der Waals surface area contributed by atoms with Gasteiger partial charge in [-0.3, -0.25) is 14.9 Å². The van der Waals surface area contributed by atoms with E-state index in [4.69, 9.17) is 0 Å². The van der Waals surface area contributed by atoms with E-state index in [0.717, 1.165) is 17.8 Å². The number of hydrogen-bond donors (Lipinski definition) is 2. The Bertz CT molecular complexity index is 607. The first-order valence-corrected chi connectivity index (χ1v) is 7.00. The Balaban J connectivity index is 2.00. The molecule has 104 valence electrons. The molecule has 1 fully saturated rings. The summed E-state index contributed by atoms with van der Waals surface area (Å²) >= 11 is 2.22. The summed E-state index contributed by atoms with van der Waals surface area (Å²) < 4.78 is 4.43. The van der Waals surface area contributed by atoms with Crippen molar-refractivity contribution in [1.29, 1.82) is 0 Å². The summed E-state index contributed by atoms with van der Waals surface area (Å²) in [6.45, 7) is 0. The number of esters is 1. The molecule has 0 aromatic carbocycles. The standard InChI is InChI=1S/C11H9N3O4S2/c1-18-8(15)5-7-9(16)12-11(20-7)14-13-10(17)6-3-2-4-19-6/h2-5H,1H3,(H,13,17)(H,12,14,16)/b7-5-. The molecule has 1 aliphatic rings. The topological polar surface area (TPSA) is 96.9 Å². The molecule has 2 N–H and O–H groups in total. The number of ether oxygens (including phenoxy) is 1. The molecule has 9 heteroatoms. The van der Waals surface area contributed by atoms with Crippen LogP contribution in [0, 0.1) is 0 Å². The van der Waals surface area contributed by atoms with Crippen LogP contribution in [-0.2, 0) is 14.3 Å². The SMILES string of the molecule is COC(=O)/C=C1\S/C(=N/NC(=O)c2cccs2)NC1=O. The van der Waals surface area contributed by atoms with E-state index in [1.54, 1.807) is 17.5 Å². The van der Waals surface area contributed by atoms with Gasteiger partial charge in [0.15, 0.2) is 5.17 Å². The molecule has 20 heavy (non-hydrogen) atoms. The van der Waals surface area contributed by atoms with E-state index in [1.807, 2.05) is 0 Å². The number of carbonyl (C=O) groups is 3. The summed E-state index contributed by atoms with van der Waals surface area (Å²) in [5.74, 6) is -1.47. The van der Waals surface area contributed by atoms with Crippen molar-refractivity contribution >= 4 is 46.0 Å². The largest absolute Gasteiger partial charge is 0.466 e. The lowest BCUT2D eigenvalue weighted by molar-refractivity contribution is -0.135. The Morgan fingerprint density at radius 1 is 1.50 bits per heavy atom. The van der Waals surface area contributed by atoms with Crippen LogP contribution in [0.5, 0.6) is 0 Å². The molecule has 0 unspecified atom stereocenters. The molecule has 1 aliphatic heterocycles. The lowest BCUT2D eigenvalue weighted by Crippen LogP contribution is -2.24. The van der Waals surface area contributed by atoms with Crippen LogP contribution in [0.4, 0.5) is 0 Å². The second kappa shape index (κ2) is 6.35. The lowest BCUT2D eigenvalue weighted by atomic mass is 10.4. The van der Waals surface area contributed by atoms with Gasteiger partial charge in [0.25, 0.3) is 11.8 Å². The van der Waals surface area contributed by atoms with Gasteiger partial charge in [-0.15, -0.1) is 16.4 Å². The average Bonchev–Trinajstić information content (AvgIpc) is 3.07. The highest BCUT2D eigenvalue weighted by atomic mass is 32.2. The smallest absolute Gasteiger partial charge is 0.331 e. The molecule has 2 heterocycles. The zero-order valence-electron chi connectivity index (χ0n) is 10.2. The van der Waals surface area contributed by atoms with Gasteiger partial charge in [0.05, 0.1) is 16.9 Å². The molecule has 0 spiro atoms. The predicted octanol–water partition coefficient (Wildman–Crippen LogP) is 0.669. The quantitative estimate of drug-likeness (QED) is 0.486. The maximum absolute atomic E-state index is 11.6. The molecule has 2 amide bonds. The second-order valence-electron chi connectivity index (χ2n) is 3.42. The zero-order chi connectivity index (χ0) is 14.5. The zero-order valence-corrected chi connectivity index (χ0v) is 11.8. The van der Waals surface area contributed by atoms with Crippen LogP contribution in [-0.4, -0.2) is 30.1 Å². The van der Waals surface area contributed by atoms with E-state index < -0.39 is 11.9 Å². The molecule has 0 aliphatic carbocycles. The number of amides is 2. The first-order chi connectivity index (χ1) is 9.60. The monoisotopic (exact) mass is 311 g/mol. The Labute approximate surface area is 122 Å². The van der Waals surface area contributed by atoms with Crippen molar-refractivity contribution in [3.63, 3.8) is 0 Å². The number of methoxy groups -OCH3 is 1. The second-order valence-corrected chi connectivity index (χ2v) is 5.40. The van der Waals surface area contributed by atoms with E-state index in [0.29, 0.717) is 4.88 Å². The minimum atomic E-state index is -0.633. The van der Waals surface area contributed by atoms with E-state index in [-0.39, 0.29) is 16.0 Å². The number of nitrogens with zero attached hydrogens (tertiary/aromatic N) is 1. The normalized spacial score (nSPS) is 18.1. The van der Waals surface area contributed by atoms with Crippen LogP contribution < -0.4 is 10.7 Å². The van der Waals surface area contributed by atoms with Gasteiger partial charge in [0.2, 0.25) is 0 Å². The summed E-state index contributed by atoms with van der Waals surface area (Å²) in [5, 5.41) is 8.15. The Kier molecular flexibility index (Phi) is 4.53. The average molecular weight is 311 g/mol. The highest BCUT2D eigenvalue weighted by Gasteiger charge is 2.25. The number of amidine groups is 1. The van der Waals surface area contributed by atoms with E-state index >= 15 is 0 Å². The molecule has 1 aromatic heterocycles. The van der Waals surface area contributed by atoms with Gasteiger partial charge < -0.3 is 4.74 Å². The van der Waals surface area contributed by atoms with Crippen molar-refractivity contribution in [3.8, 4) is 0 Å². The summed E-state index contributed by atoms with van der Waals surface area (Å²) in [5.41, 5.74) is 2.32. The molecular formula is C11H9N3O4S2. The van der Waals surface area contributed by atoms with Gasteiger partial charge in [0.1, 0.15) is 0 Å². The number of rotatable bonds is 3. The van der Waals surface area contributed by atoms with Crippen molar-refractivity contribution < 1.29 is 19.1 Å². The van der Waals surface area contributed by atoms with Gasteiger partial charge >= 0.3 is 5.97 Å². The van der Waals surface area contributed by atoms with Crippen molar-refractivity contribution in [2.45, 2.75) is 0 Å². The van der Waals surface area contributed by atoms with Crippen molar-refractivity contribution in [2.24, 2.45) is 5.10 Å². The molecule has 7 nitrogen and oxygen atoms in total. The van der Waals surface area contributed by atoms with Crippen LogP contribution in [0.15, 0.2) is 33.6 Å². The maximum Gasteiger partial charge on any atom is 0.331 e. The van der Waals surface area contributed by atoms with Crippen LogP contribution in [0.1, 0.15) is 9.67 Å². The molecule has 1 saturated heterocycles. The number of thiophene rings is 1. The van der Waals surface area contributed by atoms with Gasteiger partial charge in [-0.25, -0.2) is 10.2 Å². The van der Waals surface area contributed by atoms with E-state index in [1.165, 1.54) is 18.4 Å². The van der Waals surface area contributed by atoms with Crippen LogP contribution in [0.25, 0.3) is 0 Å². The first-order valence-electron chi connectivity index (χ1n) is 5.30. The summed E-state index contributed by atoms with van der Waals surface area (Å²) in [7, 11) is 1.22. The minimum Gasteiger partial charge on any atom is -0.466 e. The number of carbonyl (C=O) groups excluding carboxylic acids is 3. The Morgan fingerprint density at radius 2 is 2.30 bits per heavy atom. The van der Waals surface area contributed by atoms with E-state index in [2.05, 4.69) is 20.6 Å². The third-order valence-corrected chi connectivity index (χ3v) is 3.88. The third-order valence-electron chi connectivity index (χ3n) is 2.10. The summed E-state index contributed by atoms with van der Waals surface area (Å²) in [6, 6.07) is 3.40. The third kappa shape index (κ3) is 3.45. The minimum absolute atomic E-state index is 0.154. The van der Waals surface area contributed by atoms with Crippen molar-refractivity contribution in [3.05, 3.63) is 33.4 Å². The van der Waals surface area contributed by atoms with Gasteiger partial charge in [0, 0.05) is 6.08 Å². The fraction of sp³-hybridized carbons (Fsp3) is 0.0909. The molecule has 2 rings (SSSR count). The lowest BCUT2D eigenvalue weighted by Gasteiger charge is -1.97. The number of nitrogens with one attached hydrogen (secondary N) is 2. The van der Waals surface area contributed by atoms with Crippen LogP contribution in [0.2, 0.25) is 0 Å². The van der Waals surface area contributed by atoms with Gasteiger partial charge in [-0.2, -0.15) is 0 Å². The molecule has 0 radical (unpaired) electrons. The van der Waals surface area contributed by atoms with Crippen LogP contribution >= 0.6 is 23.1 Å². The first kappa shape index (κ1) is 14.3. The Morgan fingerprint density at radius 3 is 2.95 bits per heavy atom. The van der Waals surface area contributed by atoms with Crippen LogP contribution in [0.3, 0.4) is 0 Å². The van der Waals surface area contributed by atoms with Crippen molar-refractivity contribution in [1.82, 2.24) is 10.7 Å². The summed E-state index contributed by atoms with van der Waals surface area (Å²) in [4.78, 5) is 34.8. The maximum atomic E-state index is 11.6. The fourth-order valence-electron chi connectivity index (χ4n) is 1.21. The molecule has 0 atom stereocenters. The van der Waals surface area contributed by atoms with Gasteiger partial charge in [-0.05, 0) is 23.2 Å². The molecule has 0 saturated carbocycles. The predicted molar refractivity (Wildman–Crippen MR) is 75.1 cm³/mol. The number of thioether (sulfide) groups is 1. The number of hydrazone groups is 1. The summed E-state index contributed by atoms with van der Waals surface area (Å²) in [6.07, 6.45) is 1.06. The molecule has 1 aromatic rings. The number of hydrogen-bond acceptors (Lipinski definition) is 7. The fourth-order valence-corrected chi connectivity index (χ4v) is 2.57. The van der Waals surface area contributed by atoms with Gasteiger partial charge in [-0.1, -0.05) is 6.07 Å². The highest BCUT2D eigenvalue weighted by molar-refractivity contribution is 8.18. The highest BCUT2D eigenvalue weighted by Crippen LogP contribution is 2.23. The molecular weight excluding hydrogens is 302 g/mol. The van der Waals surface area contributed by atoms with E-state index in [9.17, 15) is 14.4 Å². The molecule has 0 bridgehead atoms. The Hall–Kier alpha value is -2.13. The van der Waals surface area contributed by atoms with Crippen molar-refractivity contribution in [2.75, 3.05) is 7.11 Å².